The Morgan fingerprint density at radius 1 is 1.22 bits per heavy atom. The quantitative estimate of drug-likeness (QED) is 0.759. The second kappa shape index (κ2) is 7.58. The number of amides is 1. The SMILES string of the molecule is C[C@@H](C(=O)NC[C@H]1Cc2cc(-c3cnccn3)ccc2O1)c1ccccc1. The number of ether oxygens (including phenoxy) is 1. The molecule has 1 amide bonds. The number of nitrogens with one attached hydrogen (secondary N) is 1. The summed E-state index contributed by atoms with van der Waals surface area (Å²) in [5.74, 6) is 0.706. The summed E-state index contributed by atoms with van der Waals surface area (Å²) in [6.45, 7) is 2.41. The van der Waals surface area contributed by atoms with E-state index in [1.807, 2.05) is 49.4 Å². The summed E-state index contributed by atoms with van der Waals surface area (Å²) < 4.78 is 5.98. The van der Waals surface area contributed by atoms with Crippen molar-refractivity contribution < 1.29 is 9.53 Å². The number of rotatable bonds is 5. The van der Waals surface area contributed by atoms with Crippen LogP contribution in [-0.4, -0.2) is 28.5 Å². The molecule has 5 nitrogen and oxygen atoms in total. The van der Waals surface area contributed by atoms with Gasteiger partial charge in [-0.3, -0.25) is 14.8 Å². The minimum atomic E-state index is -0.182. The number of carbonyl (C=O) groups excluding carboxylic acids is 1. The van der Waals surface area contributed by atoms with Crippen LogP contribution in [0.5, 0.6) is 5.75 Å². The molecule has 2 atom stereocenters. The molecule has 1 aliphatic heterocycles. The average Bonchev–Trinajstić information content (AvgIpc) is 3.15. The lowest BCUT2D eigenvalue weighted by molar-refractivity contribution is -0.122. The van der Waals surface area contributed by atoms with E-state index < -0.39 is 0 Å². The number of carbonyl (C=O) groups is 1. The van der Waals surface area contributed by atoms with Gasteiger partial charge in [0.15, 0.2) is 0 Å². The summed E-state index contributed by atoms with van der Waals surface area (Å²) in [5.41, 5.74) is 4.01. The topological polar surface area (TPSA) is 64.1 Å². The third-order valence-electron chi connectivity index (χ3n) is 4.86. The molecular weight excluding hydrogens is 338 g/mol. The van der Waals surface area contributed by atoms with E-state index in [9.17, 15) is 4.79 Å². The highest BCUT2D eigenvalue weighted by Gasteiger charge is 2.25. The van der Waals surface area contributed by atoms with Gasteiger partial charge in [0.05, 0.1) is 24.4 Å². The molecule has 136 valence electrons. The van der Waals surface area contributed by atoms with Crippen molar-refractivity contribution in [2.45, 2.75) is 25.4 Å². The molecule has 3 aromatic rings. The highest BCUT2D eigenvalue weighted by atomic mass is 16.5. The number of nitrogens with zero attached hydrogens (tertiary/aromatic N) is 2. The van der Waals surface area contributed by atoms with Crippen LogP contribution in [0.3, 0.4) is 0 Å². The lowest BCUT2D eigenvalue weighted by atomic mass is 10.0. The molecule has 2 heterocycles. The molecule has 1 N–H and O–H groups in total. The fourth-order valence-electron chi connectivity index (χ4n) is 3.30. The summed E-state index contributed by atoms with van der Waals surface area (Å²) in [5, 5.41) is 3.02. The number of hydrogen-bond acceptors (Lipinski definition) is 4. The van der Waals surface area contributed by atoms with E-state index in [0.717, 1.165) is 34.6 Å². The van der Waals surface area contributed by atoms with Crippen molar-refractivity contribution in [3.8, 4) is 17.0 Å². The second-order valence-corrected chi connectivity index (χ2v) is 6.73. The van der Waals surface area contributed by atoms with Crippen molar-refractivity contribution >= 4 is 5.91 Å². The van der Waals surface area contributed by atoms with Crippen LogP contribution in [0.25, 0.3) is 11.3 Å². The van der Waals surface area contributed by atoms with Gasteiger partial charge in [0.1, 0.15) is 11.9 Å². The molecular formula is C22H21N3O2. The first-order valence-electron chi connectivity index (χ1n) is 9.09. The third kappa shape index (κ3) is 3.82. The van der Waals surface area contributed by atoms with Crippen molar-refractivity contribution in [3.05, 3.63) is 78.2 Å². The van der Waals surface area contributed by atoms with E-state index in [1.165, 1.54) is 0 Å². The lowest BCUT2D eigenvalue weighted by Gasteiger charge is -2.15. The van der Waals surface area contributed by atoms with Gasteiger partial charge in [0.25, 0.3) is 0 Å². The highest BCUT2D eigenvalue weighted by Crippen LogP contribution is 2.32. The summed E-state index contributed by atoms with van der Waals surface area (Å²) in [6.07, 6.45) is 5.81. The maximum Gasteiger partial charge on any atom is 0.227 e. The number of benzene rings is 2. The second-order valence-electron chi connectivity index (χ2n) is 6.73. The van der Waals surface area contributed by atoms with Gasteiger partial charge in [-0.2, -0.15) is 0 Å². The molecule has 4 rings (SSSR count). The van der Waals surface area contributed by atoms with Crippen LogP contribution in [0.15, 0.2) is 67.1 Å². The van der Waals surface area contributed by atoms with Gasteiger partial charge in [0, 0.05) is 24.4 Å². The molecule has 1 aliphatic rings. The molecule has 0 radical (unpaired) electrons. The largest absolute Gasteiger partial charge is 0.488 e. The first kappa shape index (κ1) is 17.2. The Kier molecular flexibility index (Phi) is 4.83. The molecule has 5 heteroatoms. The summed E-state index contributed by atoms with van der Waals surface area (Å²) in [6, 6.07) is 15.8. The first-order chi connectivity index (χ1) is 13.2. The Balaban J connectivity index is 1.37. The lowest BCUT2D eigenvalue weighted by Crippen LogP contribution is -2.36. The predicted octanol–water partition coefficient (Wildman–Crippen LogP) is 3.37. The molecule has 0 saturated heterocycles. The standard InChI is InChI=1S/C22H21N3O2/c1-15(16-5-3-2-4-6-16)22(26)25-13-19-12-18-11-17(7-8-21(18)27-19)20-14-23-9-10-24-20/h2-11,14-15,19H,12-13H2,1H3,(H,25,26)/t15-,19-/m1/s1. The summed E-state index contributed by atoms with van der Waals surface area (Å²) in [7, 11) is 0. The van der Waals surface area contributed by atoms with Crippen molar-refractivity contribution in [2.24, 2.45) is 0 Å². The number of aromatic nitrogens is 2. The van der Waals surface area contributed by atoms with E-state index >= 15 is 0 Å². The van der Waals surface area contributed by atoms with Crippen LogP contribution >= 0.6 is 0 Å². The highest BCUT2D eigenvalue weighted by molar-refractivity contribution is 5.83. The molecule has 1 aromatic heterocycles. The van der Waals surface area contributed by atoms with Crippen molar-refractivity contribution in [3.63, 3.8) is 0 Å². The van der Waals surface area contributed by atoms with Gasteiger partial charge in [-0.15, -0.1) is 0 Å². The van der Waals surface area contributed by atoms with Crippen LogP contribution in [-0.2, 0) is 11.2 Å². The zero-order valence-corrected chi connectivity index (χ0v) is 15.1. The third-order valence-corrected chi connectivity index (χ3v) is 4.86. The van der Waals surface area contributed by atoms with Crippen LogP contribution in [0.2, 0.25) is 0 Å². The van der Waals surface area contributed by atoms with Crippen molar-refractivity contribution in [1.29, 1.82) is 0 Å². The van der Waals surface area contributed by atoms with E-state index in [4.69, 9.17) is 4.74 Å². The normalized spacial score (nSPS) is 16.3. The predicted molar refractivity (Wildman–Crippen MR) is 103 cm³/mol. The molecule has 2 aromatic carbocycles. The Morgan fingerprint density at radius 3 is 2.85 bits per heavy atom. The molecule has 27 heavy (non-hydrogen) atoms. The fraction of sp³-hybridized carbons (Fsp3) is 0.227. The Bertz CT molecular complexity index is 929. The summed E-state index contributed by atoms with van der Waals surface area (Å²) in [4.78, 5) is 20.9. The average molecular weight is 359 g/mol. The molecule has 0 fully saturated rings. The summed E-state index contributed by atoms with van der Waals surface area (Å²) >= 11 is 0. The van der Waals surface area contributed by atoms with Crippen molar-refractivity contribution in [1.82, 2.24) is 15.3 Å². The Labute approximate surface area is 158 Å². The van der Waals surface area contributed by atoms with E-state index in [-0.39, 0.29) is 17.9 Å². The Hall–Kier alpha value is -3.21. The van der Waals surface area contributed by atoms with Gasteiger partial charge in [-0.25, -0.2) is 0 Å². The first-order valence-corrected chi connectivity index (χ1v) is 9.09. The van der Waals surface area contributed by atoms with Gasteiger partial charge < -0.3 is 10.1 Å². The van der Waals surface area contributed by atoms with Crippen LogP contribution in [0.1, 0.15) is 24.0 Å². The maximum atomic E-state index is 12.4. The van der Waals surface area contributed by atoms with E-state index in [0.29, 0.717) is 6.54 Å². The van der Waals surface area contributed by atoms with Crippen LogP contribution < -0.4 is 10.1 Å². The van der Waals surface area contributed by atoms with Crippen molar-refractivity contribution in [2.75, 3.05) is 6.54 Å². The molecule has 0 saturated carbocycles. The fourth-order valence-corrected chi connectivity index (χ4v) is 3.30. The van der Waals surface area contributed by atoms with Gasteiger partial charge in [-0.1, -0.05) is 30.3 Å². The number of hydrogen-bond donors (Lipinski definition) is 1. The van der Waals surface area contributed by atoms with Gasteiger partial charge in [-0.05, 0) is 36.2 Å². The minimum Gasteiger partial charge on any atom is -0.488 e. The molecule has 0 bridgehead atoms. The van der Waals surface area contributed by atoms with Gasteiger partial charge in [0.2, 0.25) is 5.91 Å². The van der Waals surface area contributed by atoms with Gasteiger partial charge >= 0.3 is 0 Å². The smallest absolute Gasteiger partial charge is 0.227 e. The van der Waals surface area contributed by atoms with Crippen LogP contribution in [0, 0.1) is 0 Å². The van der Waals surface area contributed by atoms with E-state index in [1.54, 1.807) is 18.6 Å². The molecule has 0 aliphatic carbocycles. The monoisotopic (exact) mass is 359 g/mol. The zero-order valence-electron chi connectivity index (χ0n) is 15.1. The van der Waals surface area contributed by atoms with Crippen LogP contribution in [0.4, 0.5) is 0 Å². The number of fused-ring (bicyclic) bond motifs is 1. The Morgan fingerprint density at radius 2 is 2.07 bits per heavy atom. The molecule has 0 spiro atoms. The molecule has 0 unspecified atom stereocenters. The zero-order chi connectivity index (χ0) is 18.6. The van der Waals surface area contributed by atoms with E-state index in [2.05, 4.69) is 21.4 Å². The maximum absolute atomic E-state index is 12.4. The minimum absolute atomic E-state index is 0.0148.